The number of benzene rings is 1. The molecule has 1 aromatic carbocycles. The van der Waals surface area contributed by atoms with Gasteiger partial charge in [-0.2, -0.15) is 0 Å². The van der Waals surface area contributed by atoms with Gasteiger partial charge in [-0.25, -0.2) is 0 Å². The zero-order chi connectivity index (χ0) is 12.1. The van der Waals surface area contributed by atoms with Crippen LogP contribution >= 0.6 is 0 Å². The molecule has 1 aliphatic heterocycles. The van der Waals surface area contributed by atoms with Crippen molar-refractivity contribution in [2.75, 3.05) is 6.61 Å². The molecule has 2 rings (SSSR count). The number of carbonyl (C=O) groups excluding carboxylic acids is 1. The van der Waals surface area contributed by atoms with E-state index < -0.39 is 0 Å². The average molecular weight is 234 g/mol. The molecule has 17 heavy (non-hydrogen) atoms. The Morgan fingerprint density at radius 2 is 2.06 bits per heavy atom. The minimum Gasteiger partial charge on any atom is -0.461 e. The number of esters is 1. The Kier molecular flexibility index (Phi) is 4.15. The Morgan fingerprint density at radius 1 is 1.29 bits per heavy atom. The second-order valence-corrected chi connectivity index (χ2v) is 4.44. The SMILES string of the molecule is C[C@@H]1C(=O)O[C@H]1CCCOCc1ccccc1. The summed E-state index contributed by atoms with van der Waals surface area (Å²) >= 11 is 0. The molecule has 0 saturated carbocycles. The number of hydrogen-bond acceptors (Lipinski definition) is 3. The highest BCUT2D eigenvalue weighted by atomic mass is 16.6. The molecule has 0 radical (unpaired) electrons. The van der Waals surface area contributed by atoms with E-state index in [0.717, 1.165) is 19.4 Å². The second-order valence-electron chi connectivity index (χ2n) is 4.44. The van der Waals surface area contributed by atoms with Gasteiger partial charge in [-0.1, -0.05) is 30.3 Å². The molecule has 2 atom stereocenters. The van der Waals surface area contributed by atoms with Crippen LogP contribution in [0.15, 0.2) is 30.3 Å². The number of cyclic esters (lactones) is 1. The Labute approximate surface area is 102 Å². The first kappa shape index (κ1) is 12.1. The first-order valence-corrected chi connectivity index (χ1v) is 6.09. The highest BCUT2D eigenvalue weighted by molar-refractivity contribution is 5.77. The largest absolute Gasteiger partial charge is 0.461 e. The van der Waals surface area contributed by atoms with Crippen LogP contribution in [0.1, 0.15) is 25.3 Å². The fourth-order valence-corrected chi connectivity index (χ4v) is 1.90. The van der Waals surface area contributed by atoms with Gasteiger partial charge >= 0.3 is 5.97 Å². The predicted octanol–water partition coefficient (Wildman–Crippen LogP) is 2.54. The normalized spacial score (nSPS) is 23.0. The molecule has 0 spiro atoms. The summed E-state index contributed by atoms with van der Waals surface area (Å²) in [6.07, 6.45) is 1.96. The summed E-state index contributed by atoms with van der Waals surface area (Å²) in [4.78, 5) is 10.9. The lowest BCUT2D eigenvalue weighted by Gasteiger charge is -2.32. The van der Waals surface area contributed by atoms with E-state index >= 15 is 0 Å². The van der Waals surface area contributed by atoms with E-state index in [-0.39, 0.29) is 18.0 Å². The first-order chi connectivity index (χ1) is 8.27. The Hall–Kier alpha value is -1.35. The van der Waals surface area contributed by atoms with Gasteiger partial charge in [0.05, 0.1) is 12.5 Å². The van der Waals surface area contributed by atoms with Crippen LogP contribution in [-0.4, -0.2) is 18.7 Å². The molecule has 0 N–H and O–H groups in total. The van der Waals surface area contributed by atoms with Crippen molar-refractivity contribution in [2.24, 2.45) is 5.92 Å². The third-order valence-electron chi connectivity index (χ3n) is 3.09. The van der Waals surface area contributed by atoms with E-state index in [2.05, 4.69) is 12.1 Å². The predicted molar refractivity (Wildman–Crippen MR) is 64.4 cm³/mol. The van der Waals surface area contributed by atoms with E-state index in [0.29, 0.717) is 6.61 Å². The van der Waals surface area contributed by atoms with E-state index in [4.69, 9.17) is 9.47 Å². The second kappa shape index (κ2) is 5.82. The van der Waals surface area contributed by atoms with Crippen LogP contribution < -0.4 is 0 Å². The Bertz CT molecular complexity index is 361. The molecular formula is C14H18O3. The summed E-state index contributed by atoms with van der Waals surface area (Å²) < 4.78 is 10.6. The lowest BCUT2D eigenvalue weighted by Crippen LogP contribution is -2.43. The van der Waals surface area contributed by atoms with Crippen molar-refractivity contribution in [3.8, 4) is 0 Å². The smallest absolute Gasteiger partial charge is 0.312 e. The quantitative estimate of drug-likeness (QED) is 0.560. The van der Waals surface area contributed by atoms with Crippen LogP contribution in [0.2, 0.25) is 0 Å². The fourth-order valence-electron chi connectivity index (χ4n) is 1.90. The van der Waals surface area contributed by atoms with Crippen molar-refractivity contribution in [2.45, 2.75) is 32.5 Å². The molecule has 1 saturated heterocycles. The van der Waals surface area contributed by atoms with Crippen LogP contribution in [-0.2, 0) is 20.9 Å². The van der Waals surface area contributed by atoms with Crippen molar-refractivity contribution < 1.29 is 14.3 Å². The lowest BCUT2D eigenvalue weighted by atomic mass is 9.95. The molecular weight excluding hydrogens is 216 g/mol. The zero-order valence-electron chi connectivity index (χ0n) is 10.1. The molecule has 92 valence electrons. The fraction of sp³-hybridized carbons (Fsp3) is 0.500. The van der Waals surface area contributed by atoms with Crippen LogP contribution in [0.25, 0.3) is 0 Å². The first-order valence-electron chi connectivity index (χ1n) is 6.09. The van der Waals surface area contributed by atoms with Crippen molar-refractivity contribution in [1.29, 1.82) is 0 Å². The molecule has 0 aliphatic carbocycles. The Morgan fingerprint density at radius 3 is 2.71 bits per heavy atom. The monoisotopic (exact) mass is 234 g/mol. The van der Waals surface area contributed by atoms with Crippen LogP contribution in [0.5, 0.6) is 0 Å². The summed E-state index contributed by atoms with van der Waals surface area (Å²) in [5, 5.41) is 0. The highest BCUT2D eigenvalue weighted by Gasteiger charge is 2.37. The van der Waals surface area contributed by atoms with Crippen LogP contribution in [0, 0.1) is 5.92 Å². The summed E-state index contributed by atoms with van der Waals surface area (Å²) in [5.74, 6) is 0.00401. The van der Waals surface area contributed by atoms with Crippen molar-refractivity contribution in [1.82, 2.24) is 0 Å². The summed E-state index contributed by atoms with van der Waals surface area (Å²) in [7, 11) is 0. The maximum absolute atomic E-state index is 10.9. The van der Waals surface area contributed by atoms with Gasteiger partial charge < -0.3 is 9.47 Å². The number of carbonyl (C=O) groups is 1. The maximum atomic E-state index is 10.9. The molecule has 1 aromatic rings. The van der Waals surface area contributed by atoms with Gasteiger partial charge in [0, 0.05) is 6.61 Å². The van der Waals surface area contributed by atoms with Gasteiger partial charge in [-0.15, -0.1) is 0 Å². The van der Waals surface area contributed by atoms with E-state index in [1.54, 1.807) is 0 Å². The van der Waals surface area contributed by atoms with Gasteiger partial charge in [0.15, 0.2) is 0 Å². The minimum atomic E-state index is -0.0693. The highest BCUT2D eigenvalue weighted by Crippen LogP contribution is 2.25. The van der Waals surface area contributed by atoms with E-state index in [1.165, 1.54) is 5.56 Å². The van der Waals surface area contributed by atoms with Gasteiger partial charge in [0.25, 0.3) is 0 Å². The molecule has 3 nitrogen and oxygen atoms in total. The molecule has 0 unspecified atom stereocenters. The van der Waals surface area contributed by atoms with E-state index in [9.17, 15) is 4.79 Å². The molecule has 1 fully saturated rings. The van der Waals surface area contributed by atoms with Gasteiger partial charge in [0.2, 0.25) is 0 Å². The third-order valence-corrected chi connectivity index (χ3v) is 3.09. The number of ether oxygens (including phenoxy) is 2. The summed E-state index contributed by atoms with van der Waals surface area (Å²) in [5.41, 5.74) is 1.19. The van der Waals surface area contributed by atoms with Crippen molar-refractivity contribution in [3.05, 3.63) is 35.9 Å². The molecule has 0 aromatic heterocycles. The zero-order valence-corrected chi connectivity index (χ0v) is 10.1. The van der Waals surface area contributed by atoms with Crippen LogP contribution in [0.3, 0.4) is 0 Å². The minimum absolute atomic E-state index is 0.0693. The standard InChI is InChI=1S/C14H18O3/c1-11-13(17-14(11)15)8-5-9-16-10-12-6-3-2-4-7-12/h2-4,6-7,11,13H,5,8-10H2,1H3/t11-,13-/m0/s1. The topological polar surface area (TPSA) is 35.5 Å². The third kappa shape index (κ3) is 3.30. The van der Waals surface area contributed by atoms with Crippen LogP contribution in [0.4, 0.5) is 0 Å². The number of rotatable bonds is 6. The summed E-state index contributed by atoms with van der Waals surface area (Å²) in [6.45, 7) is 3.29. The Balaban J connectivity index is 1.54. The van der Waals surface area contributed by atoms with Gasteiger partial charge in [0.1, 0.15) is 6.10 Å². The molecule has 1 aliphatic rings. The molecule has 1 heterocycles. The molecule has 0 bridgehead atoms. The molecule has 0 amide bonds. The number of hydrogen-bond donors (Lipinski definition) is 0. The lowest BCUT2D eigenvalue weighted by molar-refractivity contribution is -0.183. The van der Waals surface area contributed by atoms with Crippen molar-refractivity contribution in [3.63, 3.8) is 0 Å². The van der Waals surface area contributed by atoms with Crippen molar-refractivity contribution >= 4 is 5.97 Å². The van der Waals surface area contributed by atoms with Gasteiger partial charge in [-0.05, 0) is 25.3 Å². The van der Waals surface area contributed by atoms with E-state index in [1.807, 2.05) is 25.1 Å². The summed E-state index contributed by atoms with van der Waals surface area (Å²) in [6, 6.07) is 10.1. The molecule has 3 heteroatoms. The average Bonchev–Trinajstić information content (AvgIpc) is 2.38. The van der Waals surface area contributed by atoms with Gasteiger partial charge in [-0.3, -0.25) is 4.79 Å². The maximum Gasteiger partial charge on any atom is 0.312 e.